The Morgan fingerprint density at radius 1 is 1.31 bits per heavy atom. The van der Waals surface area contributed by atoms with Gasteiger partial charge in [-0.25, -0.2) is 4.79 Å². The summed E-state index contributed by atoms with van der Waals surface area (Å²) < 4.78 is 12.0. The molecule has 0 aromatic heterocycles. The number of allylic oxidation sites excluding steroid dienone is 3. The molecule has 3 aliphatic rings. The number of ether oxygens (including phenoxy) is 2. The van der Waals surface area contributed by atoms with Crippen LogP contribution in [0, 0.1) is 5.92 Å². The first-order valence-corrected chi connectivity index (χ1v) is 14.9. The van der Waals surface area contributed by atoms with Crippen LogP contribution < -0.4 is 5.32 Å². The molecule has 0 bridgehead atoms. The van der Waals surface area contributed by atoms with Gasteiger partial charge in [-0.2, -0.15) is 0 Å². The highest BCUT2D eigenvalue weighted by Crippen LogP contribution is 2.43. The van der Waals surface area contributed by atoms with Crippen LogP contribution in [0.2, 0.25) is 0 Å². The third kappa shape index (κ3) is 12.1. The van der Waals surface area contributed by atoms with Crippen molar-refractivity contribution in [3.63, 3.8) is 0 Å². The van der Waals surface area contributed by atoms with Gasteiger partial charge in [0.1, 0.15) is 6.10 Å². The molecule has 1 N–H and O–H groups in total. The summed E-state index contributed by atoms with van der Waals surface area (Å²) in [4.78, 5) is 12.5. The lowest BCUT2D eigenvalue weighted by Gasteiger charge is -2.47. The van der Waals surface area contributed by atoms with Crippen molar-refractivity contribution < 1.29 is 14.3 Å². The zero-order valence-electron chi connectivity index (χ0n) is 23.7. The Balaban J connectivity index is 0.00000111. The molecule has 4 atom stereocenters. The molecule has 202 valence electrons. The number of hydrogen-bond donors (Lipinski definition) is 1. The molecule has 0 aromatic rings. The summed E-state index contributed by atoms with van der Waals surface area (Å²) >= 11 is 1.73. The summed E-state index contributed by atoms with van der Waals surface area (Å²) in [5, 5.41) is 4.46. The Morgan fingerprint density at radius 2 is 2.00 bits per heavy atom. The van der Waals surface area contributed by atoms with E-state index in [1.54, 1.807) is 17.8 Å². The van der Waals surface area contributed by atoms with E-state index in [0.717, 1.165) is 48.5 Å². The second-order valence-corrected chi connectivity index (χ2v) is 11.5. The van der Waals surface area contributed by atoms with Gasteiger partial charge >= 0.3 is 5.97 Å². The molecule has 0 aromatic carbocycles. The van der Waals surface area contributed by atoms with E-state index in [4.69, 9.17) is 9.47 Å². The van der Waals surface area contributed by atoms with Crippen LogP contribution in [0.5, 0.6) is 0 Å². The van der Waals surface area contributed by atoms with Crippen molar-refractivity contribution in [2.24, 2.45) is 5.92 Å². The van der Waals surface area contributed by atoms with E-state index in [-0.39, 0.29) is 23.2 Å². The number of thioether (sulfide) groups is 1. The number of carbonyl (C=O) groups excluding carboxylic acids is 1. The van der Waals surface area contributed by atoms with Gasteiger partial charge in [-0.1, -0.05) is 77.7 Å². The van der Waals surface area contributed by atoms with Crippen LogP contribution in [0.15, 0.2) is 35.4 Å². The van der Waals surface area contributed by atoms with E-state index < -0.39 is 0 Å². The summed E-state index contributed by atoms with van der Waals surface area (Å²) in [6, 6.07) is 0. The van der Waals surface area contributed by atoms with Crippen LogP contribution in [0.3, 0.4) is 0 Å². The SMILES string of the molecule is C1CC1.C=C1NC(C)(C2(C)CC(OC(=O)/C=C(/C)CCCC(C)/C=C\CCC)CCO2)CS1.CC. The van der Waals surface area contributed by atoms with E-state index in [0.29, 0.717) is 18.9 Å². The molecule has 5 heteroatoms. The van der Waals surface area contributed by atoms with Gasteiger partial charge in [0.05, 0.1) is 22.8 Å². The van der Waals surface area contributed by atoms with Crippen molar-refractivity contribution in [3.05, 3.63) is 35.4 Å². The van der Waals surface area contributed by atoms with E-state index >= 15 is 0 Å². The van der Waals surface area contributed by atoms with Crippen molar-refractivity contribution in [3.8, 4) is 0 Å². The second kappa shape index (κ2) is 16.5. The number of rotatable bonds is 10. The molecule has 3 fully saturated rings. The zero-order chi connectivity index (χ0) is 26.3. The summed E-state index contributed by atoms with van der Waals surface area (Å²) in [6.07, 6.45) is 17.6. The minimum Gasteiger partial charge on any atom is -0.459 e. The largest absolute Gasteiger partial charge is 0.459 e. The molecule has 4 nitrogen and oxygen atoms in total. The topological polar surface area (TPSA) is 47.6 Å². The second-order valence-electron chi connectivity index (χ2n) is 10.4. The van der Waals surface area contributed by atoms with Gasteiger partial charge in [-0.05, 0) is 52.4 Å². The lowest BCUT2D eigenvalue weighted by molar-refractivity contribution is -0.169. The number of esters is 1. The standard InChI is InChI=1S/C25H41NO3S.C3H6.C2H6/c1-7-8-9-11-19(2)12-10-13-20(3)16-23(27)29-22-14-15-28-25(6,17-22)24(5)18-30-21(4)26-24;1-2-3-1;1-2/h9,11,16,19,22,26H,4,7-8,10,12-15,17-18H2,1-3,5-6H3;1-3H2;1-2H3/b11-9-,20-16-;;. The van der Waals surface area contributed by atoms with E-state index in [2.05, 4.69) is 51.7 Å². The highest BCUT2D eigenvalue weighted by Gasteiger charge is 2.51. The Labute approximate surface area is 220 Å². The summed E-state index contributed by atoms with van der Waals surface area (Å²) in [5.74, 6) is 1.28. The molecule has 4 unspecified atom stereocenters. The first kappa shape index (κ1) is 31.8. The molecular formula is C30H53NO3S. The number of hydrogen-bond acceptors (Lipinski definition) is 5. The van der Waals surface area contributed by atoms with Crippen molar-refractivity contribution in [1.82, 2.24) is 5.32 Å². The van der Waals surface area contributed by atoms with Gasteiger partial charge in [0.2, 0.25) is 0 Å². The fraction of sp³-hybridized carbons (Fsp3) is 0.767. The third-order valence-electron chi connectivity index (χ3n) is 6.75. The number of nitrogens with one attached hydrogen (secondary N) is 1. The van der Waals surface area contributed by atoms with E-state index in [1.165, 1.54) is 25.7 Å². The molecule has 1 saturated carbocycles. The molecule has 0 radical (unpaired) electrons. The lowest BCUT2D eigenvalue weighted by Crippen LogP contribution is -2.62. The molecule has 35 heavy (non-hydrogen) atoms. The monoisotopic (exact) mass is 507 g/mol. The maximum Gasteiger partial charge on any atom is 0.330 e. The fourth-order valence-corrected chi connectivity index (χ4v) is 5.30. The third-order valence-corrected chi connectivity index (χ3v) is 7.92. The Kier molecular flexibility index (Phi) is 15.0. The highest BCUT2D eigenvalue weighted by molar-refractivity contribution is 8.03. The predicted molar refractivity (Wildman–Crippen MR) is 153 cm³/mol. The Morgan fingerprint density at radius 3 is 2.57 bits per heavy atom. The molecular weight excluding hydrogens is 454 g/mol. The maximum atomic E-state index is 12.5. The van der Waals surface area contributed by atoms with Gasteiger partial charge in [0.25, 0.3) is 0 Å². The molecule has 3 rings (SSSR count). The average molecular weight is 508 g/mol. The minimum absolute atomic E-state index is 0.110. The van der Waals surface area contributed by atoms with E-state index in [1.807, 2.05) is 20.8 Å². The number of unbranched alkanes of at least 4 members (excludes halogenated alkanes) is 1. The molecule has 2 aliphatic heterocycles. The molecule has 2 heterocycles. The average Bonchev–Trinajstić information content (AvgIpc) is 3.65. The van der Waals surface area contributed by atoms with Gasteiger partial charge in [0.15, 0.2) is 0 Å². The van der Waals surface area contributed by atoms with Gasteiger partial charge in [-0.3, -0.25) is 0 Å². The van der Waals surface area contributed by atoms with Crippen LogP contribution in [0.4, 0.5) is 0 Å². The van der Waals surface area contributed by atoms with Gasteiger partial charge in [0, 0.05) is 24.7 Å². The Bertz CT molecular complexity index is 699. The first-order chi connectivity index (χ1) is 16.7. The smallest absolute Gasteiger partial charge is 0.330 e. The van der Waals surface area contributed by atoms with Gasteiger partial charge in [-0.15, -0.1) is 11.8 Å². The summed E-state index contributed by atoms with van der Waals surface area (Å²) in [6.45, 7) is 19.4. The van der Waals surface area contributed by atoms with Crippen LogP contribution in [0.25, 0.3) is 0 Å². The first-order valence-electron chi connectivity index (χ1n) is 14.0. The lowest BCUT2D eigenvalue weighted by atomic mass is 9.78. The summed E-state index contributed by atoms with van der Waals surface area (Å²) in [5.41, 5.74) is 0.508. The molecule has 1 aliphatic carbocycles. The molecule has 2 saturated heterocycles. The highest BCUT2D eigenvalue weighted by atomic mass is 32.2. The fourth-order valence-electron chi connectivity index (χ4n) is 4.16. The van der Waals surface area contributed by atoms with Crippen LogP contribution in [0.1, 0.15) is 113 Å². The van der Waals surface area contributed by atoms with Crippen molar-refractivity contribution in [2.75, 3.05) is 12.4 Å². The van der Waals surface area contributed by atoms with E-state index in [9.17, 15) is 4.79 Å². The van der Waals surface area contributed by atoms with Crippen molar-refractivity contribution >= 4 is 17.7 Å². The van der Waals surface area contributed by atoms with Crippen molar-refractivity contribution in [2.45, 2.75) is 130 Å². The number of carbonyl (C=O) groups is 1. The zero-order valence-corrected chi connectivity index (χ0v) is 24.5. The Hall–Kier alpha value is -1.20. The van der Waals surface area contributed by atoms with Crippen molar-refractivity contribution in [1.29, 1.82) is 0 Å². The maximum absolute atomic E-state index is 12.5. The van der Waals surface area contributed by atoms with Gasteiger partial charge < -0.3 is 14.8 Å². The minimum atomic E-state index is -0.386. The molecule has 0 spiro atoms. The van der Waals surface area contributed by atoms with Crippen LogP contribution in [-0.2, 0) is 14.3 Å². The van der Waals surface area contributed by atoms with Crippen LogP contribution in [-0.4, -0.2) is 35.6 Å². The summed E-state index contributed by atoms with van der Waals surface area (Å²) in [7, 11) is 0. The normalized spacial score (nSPS) is 28.8. The predicted octanol–water partition coefficient (Wildman–Crippen LogP) is 8.34. The quantitative estimate of drug-likeness (QED) is 0.183. The molecule has 0 amide bonds. The van der Waals surface area contributed by atoms with Crippen LogP contribution >= 0.6 is 11.8 Å².